The average molecular weight is 244 g/mol. The second-order valence-corrected chi connectivity index (χ2v) is 4.23. The van der Waals surface area contributed by atoms with Gasteiger partial charge in [-0.25, -0.2) is 4.39 Å². The van der Waals surface area contributed by atoms with E-state index in [-0.39, 0.29) is 18.4 Å². The maximum Gasteiger partial charge on any atom is 0.224 e. The van der Waals surface area contributed by atoms with Crippen molar-refractivity contribution in [3.63, 3.8) is 0 Å². The van der Waals surface area contributed by atoms with Gasteiger partial charge in [-0.15, -0.1) is 0 Å². The molecule has 0 aliphatic carbocycles. The molecule has 0 saturated carbocycles. The zero-order valence-corrected chi connectivity index (χ0v) is 10.1. The number of nitrogens with one attached hydrogen (secondary N) is 1. The summed E-state index contributed by atoms with van der Waals surface area (Å²) in [4.78, 5) is 11.5. The topological polar surface area (TPSA) is 29.1 Å². The number of halogens is 2. The number of rotatable bonds is 4. The van der Waals surface area contributed by atoms with E-state index in [9.17, 15) is 9.18 Å². The standard InChI is InChI=1S/C12H15ClFNO/c1-3-8(2)15-12(16)6-9-4-5-10(13)7-11(9)14/h4-5,7-8H,3,6H2,1-2H3,(H,15,16). The third-order valence-corrected chi connectivity index (χ3v) is 2.62. The van der Waals surface area contributed by atoms with Gasteiger partial charge in [0.2, 0.25) is 5.91 Å². The van der Waals surface area contributed by atoms with Crippen molar-refractivity contribution >= 4 is 17.5 Å². The quantitative estimate of drug-likeness (QED) is 0.866. The first kappa shape index (κ1) is 13.0. The van der Waals surface area contributed by atoms with Crippen LogP contribution in [0.1, 0.15) is 25.8 Å². The van der Waals surface area contributed by atoms with Crippen molar-refractivity contribution < 1.29 is 9.18 Å². The molecule has 0 aliphatic rings. The summed E-state index contributed by atoms with van der Waals surface area (Å²) in [5.74, 6) is -0.609. The fraction of sp³-hybridized carbons (Fsp3) is 0.417. The molecule has 1 aromatic rings. The summed E-state index contributed by atoms with van der Waals surface area (Å²) >= 11 is 5.62. The summed E-state index contributed by atoms with van der Waals surface area (Å²) < 4.78 is 13.4. The van der Waals surface area contributed by atoms with Crippen LogP contribution in [0.5, 0.6) is 0 Å². The van der Waals surface area contributed by atoms with Crippen molar-refractivity contribution in [2.24, 2.45) is 0 Å². The van der Waals surface area contributed by atoms with Crippen LogP contribution in [-0.4, -0.2) is 11.9 Å². The van der Waals surface area contributed by atoms with Crippen LogP contribution in [0.2, 0.25) is 5.02 Å². The highest BCUT2D eigenvalue weighted by molar-refractivity contribution is 6.30. The van der Waals surface area contributed by atoms with Gasteiger partial charge < -0.3 is 5.32 Å². The summed E-state index contributed by atoms with van der Waals surface area (Å²) in [5, 5.41) is 3.12. The fourth-order valence-electron chi connectivity index (χ4n) is 1.27. The first-order valence-corrected chi connectivity index (χ1v) is 5.64. The smallest absolute Gasteiger partial charge is 0.224 e. The highest BCUT2D eigenvalue weighted by Gasteiger charge is 2.10. The Morgan fingerprint density at radius 3 is 2.81 bits per heavy atom. The largest absolute Gasteiger partial charge is 0.353 e. The maximum absolute atomic E-state index is 13.4. The minimum Gasteiger partial charge on any atom is -0.353 e. The van der Waals surface area contributed by atoms with E-state index in [4.69, 9.17) is 11.6 Å². The lowest BCUT2D eigenvalue weighted by Gasteiger charge is -2.11. The predicted molar refractivity (Wildman–Crippen MR) is 63.0 cm³/mol. The molecule has 1 atom stereocenters. The van der Waals surface area contributed by atoms with Crippen molar-refractivity contribution in [3.8, 4) is 0 Å². The molecule has 2 nitrogen and oxygen atoms in total. The van der Waals surface area contributed by atoms with Gasteiger partial charge in [-0.1, -0.05) is 24.6 Å². The molecule has 0 heterocycles. The molecule has 4 heteroatoms. The SMILES string of the molecule is CCC(C)NC(=O)Cc1ccc(Cl)cc1F. The molecule has 0 spiro atoms. The van der Waals surface area contributed by atoms with E-state index in [1.54, 1.807) is 6.07 Å². The summed E-state index contributed by atoms with van der Waals surface area (Å²) in [7, 11) is 0. The molecular weight excluding hydrogens is 229 g/mol. The van der Waals surface area contributed by atoms with E-state index in [2.05, 4.69) is 5.32 Å². The Kier molecular flexibility index (Phi) is 4.74. The number of carbonyl (C=O) groups excluding carboxylic acids is 1. The number of carbonyl (C=O) groups is 1. The molecule has 0 aliphatic heterocycles. The van der Waals surface area contributed by atoms with Gasteiger partial charge in [0.05, 0.1) is 6.42 Å². The monoisotopic (exact) mass is 243 g/mol. The van der Waals surface area contributed by atoms with E-state index in [1.807, 2.05) is 13.8 Å². The molecule has 0 saturated heterocycles. The molecule has 1 aromatic carbocycles. The van der Waals surface area contributed by atoms with E-state index in [1.165, 1.54) is 12.1 Å². The number of hydrogen-bond acceptors (Lipinski definition) is 1. The van der Waals surface area contributed by atoms with E-state index in [0.717, 1.165) is 6.42 Å². The molecule has 1 unspecified atom stereocenters. The van der Waals surface area contributed by atoms with Crippen LogP contribution in [0, 0.1) is 5.82 Å². The Balaban J connectivity index is 2.63. The number of benzene rings is 1. The summed E-state index contributed by atoms with van der Waals surface area (Å²) in [6, 6.07) is 4.44. The Bertz CT molecular complexity index is 381. The van der Waals surface area contributed by atoms with Gasteiger partial charge in [-0.2, -0.15) is 0 Å². The molecule has 1 rings (SSSR count). The predicted octanol–water partition coefficient (Wildman–Crippen LogP) is 2.94. The van der Waals surface area contributed by atoms with Crippen molar-refractivity contribution in [2.45, 2.75) is 32.7 Å². The van der Waals surface area contributed by atoms with E-state index < -0.39 is 5.82 Å². The van der Waals surface area contributed by atoms with Crippen LogP contribution >= 0.6 is 11.6 Å². The molecule has 1 N–H and O–H groups in total. The van der Waals surface area contributed by atoms with Crippen LogP contribution in [0.15, 0.2) is 18.2 Å². The Morgan fingerprint density at radius 2 is 2.25 bits per heavy atom. The molecule has 88 valence electrons. The zero-order chi connectivity index (χ0) is 12.1. The molecule has 1 amide bonds. The Labute approximate surface area is 99.8 Å². The Hall–Kier alpha value is -1.09. The van der Waals surface area contributed by atoms with Gasteiger partial charge in [0, 0.05) is 11.1 Å². The first-order valence-electron chi connectivity index (χ1n) is 5.26. The first-order chi connectivity index (χ1) is 7.52. The highest BCUT2D eigenvalue weighted by atomic mass is 35.5. The fourth-order valence-corrected chi connectivity index (χ4v) is 1.42. The van der Waals surface area contributed by atoms with Crippen LogP contribution < -0.4 is 5.32 Å². The summed E-state index contributed by atoms with van der Waals surface area (Å²) in [6.07, 6.45) is 0.905. The van der Waals surface area contributed by atoms with Gasteiger partial charge in [0.15, 0.2) is 0 Å². The van der Waals surface area contributed by atoms with Crippen LogP contribution in [0.25, 0.3) is 0 Å². The van der Waals surface area contributed by atoms with Crippen molar-refractivity contribution in [2.75, 3.05) is 0 Å². The van der Waals surface area contributed by atoms with Gasteiger partial charge in [-0.05, 0) is 31.0 Å². The number of hydrogen-bond donors (Lipinski definition) is 1. The van der Waals surface area contributed by atoms with Crippen molar-refractivity contribution in [1.82, 2.24) is 5.32 Å². The van der Waals surface area contributed by atoms with E-state index >= 15 is 0 Å². The number of amides is 1. The minimum atomic E-state index is -0.438. The van der Waals surface area contributed by atoms with Gasteiger partial charge in [0.25, 0.3) is 0 Å². The van der Waals surface area contributed by atoms with Crippen LogP contribution in [0.4, 0.5) is 4.39 Å². The third-order valence-electron chi connectivity index (χ3n) is 2.39. The average Bonchev–Trinajstić information content (AvgIpc) is 2.22. The van der Waals surface area contributed by atoms with Crippen molar-refractivity contribution in [3.05, 3.63) is 34.6 Å². The molecular formula is C12H15ClFNO. The lowest BCUT2D eigenvalue weighted by atomic mass is 10.1. The second kappa shape index (κ2) is 5.85. The van der Waals surface area contributed by atoms with Crippen molar-refractivity contribution in [1.29, 1.82) is 0 Å². The zero-order valence-electron chi connectivity index (χ0n) is 9.39. The normalized spacial score (nSPS) is 12.2. The molecule has 0 radical (unpaired) electrons. The van der Waals surface area contributed by atoms with Gasteiger partial charge >= 0.3 is 0 Å². The lowest BCUT2D eigenvalue weighted by Crippen LogP contribution is -2.33. The second-order valence-electron chi connectivity index (χ2n) is 3.79. The summed E-state index contributed by atoms with van der Waals surface area (Å²) in [6.45, 7) is 3.89. The minimum absolute atomic E-state index is 0.0490. The third kappa shape index (κ3) is 3.81. The molecule has 0 bridgehead atoms. The molecule has 0 aromatic heterocycles. The Morgan fingerprint density at radius 1 is 1.56 bits per heavy atom. The highest BCUT2D eigenvalue weighted by Crippen LogP contribution is 2.15. The summed E-state index contributed by atoms with van der Waals surface area (Å²) in [5.41, 5.74) is 0.366. The maximum atomic E-state index is 13.4. The van der Waals surface area contributed by atoms with Crippen LogP contribution in [-0.2, 0) is 11.2 Å². The van der Waals surface area contributed by atoms with Crippen LogP contribution in [0.3, 0.4) is 0 Å². The van der Waals surface area contributed by atoms with Gasteiger partial charge in [0.1, 0.15) is 5.82 Å². The van der Waals surface area contributed by atoms with E-state index in [0.29, 0.717) is 10.6 Å². The molecule has 0 fully saturated rings. The van der Waals surface area contributed by atoms with Gasteiger partial charge in [-0.3, -0.25) is 4.79 Å². The molecule has 16 heavy (non-hydrogen) atoms. The lowest BCUT2D eigenvalue weighted by molar-refractivity contribution is -0.121.